The molecule has 1 atom stereocenters. The van der Waals surface area contributed by atoms with Gasteiger partial charge in [-0.15, -0.1) is 0 Å². The van der Waals surface area contributed by atoms with E-state index in [1.54, 1.807) is 0 Å². The van der Waals surface area contributed by atoms with Crippen molar-refractivity contribution >= 4 is 15.9 Å². The number of rotatable bonds is 2. The van der Waals surface area contributed by atoms with E-state index in [-0.39, 0.29) is 0 Å². The first-order valence-electron chi connectivity index (χ1n) is 5.71. The van der Waals surface area contributed by atoms with Crippen molar-refractivity contribution in [2.45, 2.75) is 37.4 Å². The van der Waals surface area contributed by atoms with Gasteiger partial charge in [0.15, 0.2) is 0 Å². The molecule has 2 rings (SSSR count). The summed E-state index contributed by atoms with van der Waals surface area (Å²) in [7, 11) is 0. The minimum absolute atomic E-state index is 0.510. The Hall–Kier alpha value is -0.500. The third-order valence-corrected chi connectivity index (χ3v) is 3.87. The molecule has 0 aromatic heterocycles. The number of hydrogen-bond donors (Lipinski definition) is 0. The third-order valence-electron chi connectivity index (χ3n) is 2.92. The van der Waals surface area contributed by atoms with Crippen molar-refractivity contribution in [2.24, 2.45) is 0 Å². The van der Waals surface area contributed by atoms with Gasteiger partial charge in [0.25, 0.3) is 0 Å². The van der Waals surface area contributed by atoms with Gasteiger partial charge in [-0.05, 0) is 49.4 Å². The lowest BCUT2D eigenvalue weighted by Gasteiger charge is -2.13. The Kier molecular flexibility index (Phi) is 3.68. The Labute approximate surface area is 100.0 Å². The highest BCUT2D eigenvalue weighted by Crippen LogP contribution is 2.36. The number of ether oxygens (including phenoxy) is 1. The van der Waals surface area contributed by atoms with Crippen LogP contribution in [0.25, 0.3) is 0 Å². The third kappa shape index (κ3) is 2.54. The second-order valence-electron chi connectivity index (χ2n) is 4.01. The maximum absolute atomic E-state index is 5.54. The number of alkyl halides is 1. The summed E-state index contributed by atoms with van der Waals surface area (Å²) in [6.07, 6.45) is 5.07. The highest BCUT2D eigenvalue weighted by Gasteiger charge is 2.16. The fourth-order valence-electron chi connectivity index (χ4n) is 2.14. The molecule has 1 nitrogen and oxygen atoms in total. The molecule has 0 spiro atoms. The van der Waals surface area contributed by atoms with Gasteiger partial charge in [-0.2, -0.15) is 0 Å². The summed E-state index contributed by atoms with van der Waals surface area (Å²) in [5, 5.41) is 0. The van der Waals surface area contributed by atoms with Gasteiger partial charge in [0.2, 0.25) is 0 Å². The summed E-state index contributed by atoms with van der Waals surface area (Å²) < 4.78 is 5.54. The van der Waals surface area contributed by atoms with Gasteiger partial charge in [0.05, 0.1) is 6.61 Å². The molecule has 0 fully saturated rings. The summed E-state index contributed by atoms with van der Waals surface area (Å²) in [5.41, 5.74) is 2.91. The smallest absolute Gasteiger partial charge is 0.119 e. The van der Waals surface area contributed by atoms with Gasteiger partial charge in [-0.25, -0.2) is 0 Å². The monoisotopic (exact) mass is 268 g/mol. The van der Waals surface area contributed by atoms with Crippen molar-refractivity contribution in [3.05, 3.63) is 29.3 Å². The summed E-state index contributed by atoms with van der Waals surface area (Å²) in [4.78, 5) is 0.510. The van der Waals surface area contributed by atoms with Gasteiger partial charge >= 0.3 is 0 Å². The Morgan fingerprint density at radius 2 is 2.27 bits per heavy atom. The van der Waals surface area contributed by atoms with Gasteiger partial charge < -0.3 is 4.74 Å². The molecular weight excluding hydrogens is 252 g/mol. The standard InChI is InChI=1S/C13H17BrO/c1-2-15-11-8-7-10-5-3-4-6-13(14)12(10)9-11/h7-9,13H,2-6H2,1H3. The van der Waals surface area contributed by atoms with Gasteiger partial charge in [0.1, 0.15) is 5.75 Å². The zero-order chi connectivity index (χ0) is 10.7. The quantitative estimate of drug-likeness (QED) is 0.576. The summed E-state index contributed by atoms with van der Waals surface area (Å²) in [6, 6.07) is 6.51. The maximum Gasteiger partial charge on any atom is 0.119 e. The van der Waals surface area contributed by atoms with Crippen LogP contribution in [-0.4, -0.2) is 6.61 Å². The lowest BCUT2D eigenvalue weighted by atomic mass is 10.0. The van der Waals surface area contributed by atoms with E-state index in [4.69, 9.17) is 4.74 Å². The lowest BCUT2D eigenvalue weighted by Crippen LogP contribution is -1.97. The zero-order valence-electron chi connectivity index (χ0n) is 9.13. The Morgan fingerprint density at radius 3 is 3.07 bits per heavy atom. The van der Waals surface area contributed by atoms with E-state index in [2.05, 4.69) is 34.1 Å². The fraction of sp³-hybridized carbons (Fsp3) is 0.538. The van der Waals surface area contributed by atoms with Crippen LogP contribution in [-0.2, 0) is 6.42 Å². The first-order valence-corrected chi connectivity index (χ1v) is 6.62. The molecule has 0 heterocycles. The van der Waals surface area contributed by atoms with Crippen LogP contribution in [0.5, 0.6) is 5.75 Å². The van der Waals surface area contributed by atoms with Crippen LogP contribution >= 0.6 is 15.9 Å². The fourth-order valence-corrected chi connectivity index (χ4v) is 2.89. The Bertz CT molecular complexity index is 335. The van der Waals surface area contributed by atoms with E-state index in [9.17, 15) is 0 Å². The highest BCUT2D eigenvalue weighted by molar-refractivity contribution is 9.09. The van der Waals surface area contributed by atoms with Crippen molar-refractivity contribution in [1.82, 2.24) is 0 Å². The molecule has 82 valence electrons. The molecule has 1 aliphatic carbocycles. The molecule has 1 aromatic carbocycles. The second-order valence-corrected chi connectivity index (χ2v) is 5.11. The molecule has 0 bridgehead atoms. The Balaban J connectivity index is 2.31. The molecule has 0 saturated carbocycles. The van der Waals surface area contributed by atoms with E-state index >= 15 is 0 Å². The van der Waals surface area contributed by atoms with E-state index < -0.39 is 0 Å². The van der Waals surface area contributed by atoms with E-state index in [0.29, 0.717) is 4.83 Å². The van der Waals surface area contributed by atoms with Crippen LogP contribution in [0.15, 0.2) is 18.2 Å². The number of benzene rings is 1. The van der Waals surface area contributed by atoms with Crippen molar-refractivity contribution in [2.75, 3.05) is 6.61 Å². The van der Waals surface area contributed by atoms with Crippen LogP contribution in [0.1, 0.15) is 42.1 Å². The van der Waals surface area contributed by atoms with Gasteiger partial charge in [0, 0.05) is 4.83 Å². The highest BCUT2D eigenvalue weighted by atomic mass is 79.9. The molecular formula is C13H17BrO. The molecule has 0 radical (unpaired) electrons. The summed E-state index contributed by atoms with van der Waals surface area (Å²) in [6.45, 7) is 2.77. The molecule has 2 heteroatoms. The predicted molar refractivity (Wildman–Crippen MR) is 66.8 cm³/mol. The number of hydrogen-bond acceptors (Lipinski definition) is 1. The minimum Gasteiger partial charge on any atom is -0.494 e. The van der Waals surface area contributed by atoms with E-state index in [1.807, 2.05) is 6.92 Å². The average Bonchev–Trinajstić information content (AvgIpc) is 2.42. The molecule has 1 unspecified atom stereocenters. The Morgan fingerprint density at radius 1 is 1.40 bits per heavy atom. The first kappa shape index (κ1) is 11.0. The van der Waals surface area contributed by atoms with Crippen molar-refractivity contribution < 1.29 is 4.74 Å². The second kappa shape index (κ2) is 5.02. The molecule has 1 aromatic rings. The lowest BCUT2D eigenvalue weighted by molar-refractivity contribution is 0.340. The van der Waals surface area contributed by atoms with Crippen LogP contribution < -0.4 is 4.74 Å². The van der Waals surface area contributed by atoms with E-state index in [0.717, 1.165) is 12.4 Å². The van der Waals surface area contributed by atoms with Gasteiger partial charge in [-0.1, -0.05) is 28.4 Å². The molecule has 1 aliphatic rings. The van der Waals surface area contributed by atoms with Gasteiger partial charge in [-0.3, -0.25) is 0 Å². The van der Waals surface area contributed by atoms with Crippen LogP contribution in [0.2, 0.25) is 0 Å². The average molecular weight is 269 g/mol. The van der Waals surface area contributed by atoms with Crippen LogP contribution in [0, 0.1) is 0 Å². The number of halogens is 1. The molecule has 15 heavy (non-hydrogen) atoms. The minimum atomic E-state index is 0.510. The molecule has 0 aliphatic heterocycles. The number of fused-ring (bicyclic) bond motifs is 1. The van der Waals surface area contributed by atoms with E-state index in [1.165, 1.54) is 36.8 Å². The first-order chi connectivity index (χ1) is 7.31. The van der Waals surface area contributed by atoms with Crippen molar-refractivity contribution in [3.8, 4) is 5.75 Å². The molecule has 0 N–H and O–H groups in total. The van der Waals surface area contributed by atoms with Crippen molar-refractivity contribution in [3.63, 3.8) is 0 Å². The van der Waals surface area contributed by atoms with Crippen molar-refractivity contribution in [1.29, 1.82) is 0 Å². The normalized spacial score (nSPS) is 20.5. The topological polar surface area (TPSA) is 9.23 Å². The largest absolute Gasteiger partial charge is 0.494 e. The summed E-state index contributed by atoms with van der Waals surface area (Å²) >= 11 is 3.77. The zero-order valence-corrected chi connectivity index (χ0v) is 10.7. The van der Waals surface area contributed by atoms with Crippen LogP contribution in [0.3, 0.4) is 0 Å². The SMILES string of the molecule is CCOc1ccc2c(c1)C(Br)CCCC2. The molecule has 0 saturated heterocycles. The molecule has 0 amide bonds. The number of aryl methyl sites for hydroxylation is 1. The van der Waals surface area contributed by atoms with Crippen LogP contribution in [0.4, 0.5) is 0 Å². The maximum atomic E-state index is 5.54. The summed E-state index contributed by atoms with van der Waals surface area (Å²) in [5.74, 6) is 1.00. The predicted octanol–water partition coefficient (Wildman–Crippen LogP) is 4.25.